The van der Waals surface area contributed by atoms with E-state index in [1.54, 1.807) is 11.9 Å². The van der Waals surface area contributed by atoms with Crippen molar-refractivity contribution in [2.75, 3.05) is 25.6 Å². The quantitative estimate of drug-likeness (QED) is 0.528. The number of fused-ring (bicyclic) bond motifs is 1. The number of likely N-dealkylation sites (N-methyl/N-ethyl adjacent to an activating group) is 1. The lowest BCUT2D eigenvalue weighted by atomic mass is 9.67. The molecule has 2 atom stereocenters. The molecular formula is C20H20N2O3. The Morgan fingerprint density at radius 1 is 1.16 bits per heavy atom. The third-order valence-corrected chi connectivity index (χ3v) is 5.50. The Balaban J connectivity index is 2.01. The highest BCUT2D eigenvalue weighted by atomic mass is 16.5. The molecule has 0 radical (unpaired) electrons. The van der Waals surface area contributed by atoms with Gasteiger partial charge in [-0.2, -0.15) is 0 Å². The number of carbonyl (C=O) groups excluding carboxylic acids is 2. The Bertz CT molecular complexity index is 871. The molecule has 5 heteroatoms. The van der Waals surface area contributed by atoms with Gasteiger partial charge in [0.15, 0.2) is 5.41 Å². The zero-order valence-corrected chi connectivity index (χ0v) is 14.5. The van der Waals surface area contributed by atoms with E-state index in [0.29, 0.717) is 12.1 Å². The van der Waals surface area contributed by atoms with Gasteiger partial charge in [0.25, 0.3) is 5.91 Å². The summed E-state index contributed by atoms with van der Waals surface area (Å²) in [5.41, 5.74) is 1.29. The van der Waals surface area contributed by atoms with Crippen molar-refractivity contribution < 1.29 is 14.3 Å². The molecule has 2 aromatic rings. The number of ether oxygens (including phenoxy) is 1. The first-order valence-corrected chi connectivity index (χ1v) is 8.27. The number of hydrogen-bond acceptors (Lipinski definition) is 4. The average molecular weight is 336 g/mol. The Kier molecular flexibility index (Phi) is 3.27. The van der Waals surface area contributed by atoms with E-state index in [0.717, 1.165) is 16.8 Å². The van der Waals surface area contributed by atoms with Crippen molar-refractivity contribution in [3.63, 3.8) is 0 Å². The van der Waals surface area contributed by atoms with Crippen LogP contribution in [0.5, 0.6) is 0 Å². The number of anilines is 1. The second-order valence-corrected chi connectivity index (χ2v) is 6.75. The Morgan fingerprint density at radius 3 is 2.40 bits per heavy atom. The van der Waals surface area contributed by atoms with Gasteiger partial charge in [0, 0.05) is 24.8 Å². The van der Waals surface area contributed by atoms with Crippen LogP contribution < -0.4 is 10.2 Å². The van der Waals surface area contributed by atoms with Gasteiger partial charge < -0.3 is 15.0 Å². The molecule has 1 saturated heterocycles. The van der Waals surface area contributed by atoms with Crippen LogP contribution in [-0.4, -0.2) is 32.6 Å². The molecule has 1 amide bonds. The third kappa shape index (κ3) is 1.81. The highest BCUT2D eigenvalue weighted by molar-refractivity contribution is 6.22. The van der Waals surface area contributed by atoms with Gasteiger partial charge in [-0.25, -0.2) is 0 Å². The Labute approximate surface area is 146 Å². The van der Waals surface area contributed by atoms with Crippen molar-refractivity contribution in [1.29, 1.82) is 0 Å². The molecule has 2 aliphatic heterocycles. The van der Waals surface area contributed by atoms with Gasteiger partial charge in [-0.05, 0) is 18.6 Å². The number of nitrogens with one attached hydrogen (secondary N) is 1. The number of benzene rings is 2. The Morgan fingerprint density at radius 2 is 1.80 bits per heavy atom. The lowest BCUT2D eigenvalue weighted by Gasteiger charge is -2.33. The summed E-state index contributed by atoms with van der Waals surface area (Å²) in [6.45, 7) is 2.55. The summed E-state index contributed by atoms with van der Waals surface area (Å²) >= 11 is 0. The number of rotatable bonds is 3. The van der Waals surface area contributed by atoms with Crippen molar-refractivity contribution >= 4 is 17.6 Å². The number of methoxy groups -OCH3 is 1. The van der Waals surface area contributed by atoms with Crippen molar-refractivity contribution in [2.45, 2.75) is 17.9 Å². The highest BCUT2D eigenvalue weighted by Crippen LogP contribution is 2.56. The van der Waals surface area contributed by atoms with Crippen LogP contribution in [0.25, 0.3) is 0 Å². The standard InChI is InChI=1S/C20H20N2O3/c1-13-8-10-14(11-9-13)19(12-21-19)20(18(24)25-3)15-6-4-5-7-16(15)22(2)17(20)23/h4-11,21H,12H2,1-3H3. The van der Waals surface area contributed by atoms with E-state index in [1.165, 1.54) is 7.11 Å². The molecule has 0 saturated carbocycles. The molecule has 2 heterocycles. The second kappa shape index (κ2) is 5.17. The minimum atomic E-state index is -1.41. The van der Waals surface area contributed by atoms with E-state index >= 15 is 0 Å². The van der Waals surface area contributed by atoms with Gasteiger partial charge in [0.2, 0.25) is 0 Å². The van der Waals surface area contributed by atoms with Crippen molar-refractivity contribution in [3.8, 4) is 0 Å². The predicted molar refractivity (Wildman–Crippen MR) is 94.4 cm³/mol. The number of nitrogens with zero attached hydrogens (tertiary/aromatic N) is 1. The molecule has 0 aromatic heterocycles. The van der Waals surface area contributed by atoms with Crippen LogP contribution in [0.2, 0.25) is 0 Å². The van der Waals surface area contributed by atoms with E-state index < -0.39 is 16.9 Å². The molecule has 25 heavy (non-hydrogen) atoms. The van der Waals surface area contributed by atoms with Crippen molar-refractivity contribution in [3.05, 3.63) is 65.2 Å². The summed E-state index contributed by atoms with van der Waals surface area (Å²) < 4.78 is 5.16. The van der Waals surface area contributed by atoms with Crippen LogP contribution in [-0.2, 0) is 25.3 Å². The zero-order chi connectivity index (χ0) is 17.8. The lowest BCUT2D eigenvalue weighted by Crippen LogP contribution is -2.56. The van der Waals surface area contributed by atoms with Gasteiger partial charge in [-0.1, -0.05) is 48.0 Å². The number of aryl methyl sites for hydroxylation is 1. The summed E-state index contributed by atoms with van der Waals surface area (Å²) in [5.74, 6) is -0.786. The van der Waals surface area contributed by atoms with Crippen LogP contribution in [0.4, 0.5) is 5.69 Å². The molecule has 0 aliphatic carbocycles. The number of para-hydroxylation sites is 1. The maximum atomic E-state index is 13.4. The molecule has 128 valence electrons. The maximum absolute atomic E-state index is 13.4. The van der Waals surface area contributed by atoms with Crippen LogP contribution in [0, 0.1) is 6.92 Å². The monoisotopic (exact) mass is 336 g/mol. The van der Waals surface area contributed by atoms with E-state index in [2.05, 4.69) is 5.32 Å². The number of carbonyl (C=O) groups is 2. The third-order valence-electron chi connectivity index (χ3n) is 5.50. The first kappa shape index (κ1) is 15.8. The first-order valence-electron chi connectivity index (χ1n) is 8.27. The molecule has 5 nitrogen and oxygen atoms in total. The molecular weight excluding hydrogens is 316 g/mol. The van der Waals surface area contributed by atoms with Crippen LogP contribution in [0.3, 0.4) is 0 Å². The topological polar surface area (TPSA) is 68.5 Å². The van der Waals surface area contributed by atoms with Crippen LogP contribution >= 0.6 is 0 Å². The fourth-order valence-electron chi connectivity index (χ4n) is 4.11. The summed E-state index contributed by atoms with van der Waals surface area (Å²) in [4.78, 5) is 28.0. The molecule has 1 fully saturated rings. The fourth-order valence-corrected chi connectivity index (χ4v) is 4.11. The van der Waals surface area contributed by atoms with Gasteiger partial charge in [0.05, 0.1) is 12.6 Å². The zero-order valence-electron chi connectivity index (χ0n) is 14.5. The second-order valence-electron chi connectivity index (χ2n) is 6.75. The first-order chi connectivity index (χ1) is 12.0. The van der Waals surface area contributed by atoms with E-state index in [-0.39, 0.29) is 5.91 Å². The number of amides is 1. The smallest absolute Gasteiger partial charge is 0.328 e. The van der Waals surface area contributed by atoms with Crippen molar-refractivity contribution in [1.82, 2.24) is 5.32 Å². The van der Waals surface area contributed by atoms with E-state index in [4.69, 9.17) is 4.74 Å². The molecule has 0 spiro atoms. The molecule has 2 aromatic carbocycles. The minimum absolute atomic E-state index is 0.258. The van der Waals surface area contributed by atoms with E-state index in [9.17, 15) is 9.59 Å². The van der Waals surface area contributed by atoms with Gasteiger partial charge in [0.1, 0.15) is 0 Å². The molecule has 2 aliphatic rings. The van der Waals surface area contributed by atoms with Crippen LogP contribution in [0.1, 0.15) is 16.7 Å². The van der Waals surface area contributed by atoms with Crippen molar-refractivity contribution in [2.24, 2.45) is 0 Å². The number of esters is 1. The fraction of sp³-hybridized carbons (Fsp3) is 0.300. The summed E-state index contributed by atoms with van der Waals surface area (Å²) in [6.07, 6.45) is 0. The summed E-state index contributed by atoms with van der Waals surface area (Å²) in [7, 11) is 3.04. The van der Waals surface area contributed by atoms with Gasteiger partial charge in [-0.15, -0.1) is 0 Å². The lowest BCUT2D eigenvalue weighted by molar-refractivity contribution is -0.153. The molecule has 4 rings (SSSR count). The Hall–Kier alpha value is -2.66. The number of hydrogen-bond donors (Lipinski definition) is 1. The predicted octanol–water partition coefficient (Wildman–Crippen LogP) is 1.88. The maximum Gasteiger partial charge on any atom is 0.328 e. The highest BCUT2D eigenvalue weighted by Gasteiger charge is 2.73. The largest absolute Gasteiger partial charge is 0.468 e. The summed E-state index contributed by atoms with van der Waals surface area (Å²) in [5, 5.41) is 3.33. The average Bonchev–Trinajstić information content (AvgIpc) is 3.40. The van der Waals surface area contributed by atoms with Gasteiger partial charge >= 0.3 is 5.97 Å². The summed E-state index contributed by atoms with van der Waals surface area (Å²) in [6, 6.07) is 15.4. The SMILES string of the molecule is COC(=O)C1(C2(c3ccc(C)cc3)CN2)C(=O)N(C)c2ccccc21. The van der Waals surface area contributed by atoms with E-state index in [1.807, 2.05) is 55.5 Å². The van der Waals surface area contributed by atoms with Crippen LogP contribution in [0.15, 0.2) is 48.5 Å². The molecule has 2 unspecified atom stereocenters. The molecule has 1 N–H and O–H groups in total. The minimum Gasteiger partial charge on any atom is -0.468 e. The molecule has 0 bridgehead atoms. The normalized spacial score (nSPS) is 27.2. The van der Waals surface area contributed by atoms with Gasteiger partial charge in [-0.3, -0.25) is 9.59 Å².